The molecule has 0 saturated carbocycles. The summed E-state index contributed by atoms with van der Waals surface area (Å²) in [7, 11) is 0. The van der Waals surface area contributed by atoms with Crippen molar-refractivity contribution in [1.82, 2.24) is 10.2 Å². The molecule has 0 bridgehead atoms. The van der Waals surface area contributed by atoms with Gasteiger partial charge in [-0.1, -0.05) is 27.2 Å². The SMILES string of the molecule is CCCC(CN(CC)C(C)C)NCC. The molecule has 0 saturated heterocycles. The quantitative estimate of drug-likeness (QED) is 0.647. The number of nitrogens with one attached hydrogen (secondary N) is 1. The smallest absolute Gasteiger partial charge is 0.0194 e. The van der Waals surface area contributed by atoms with Gasteiger partial charge in [-0.15, -0.1) is 0 Å². The van der Waals surface area contributed by atoms with Gasteiger partial charge in [0.05, 0.1) is 0 Å². The van der Waals surface area contributed by atoms with Gasteiger partial charge >= 0.3 is 0 Å². The zero-order valence-electron chi connectivity index (χ0n) is 10.6. The van der Waals surface area contributed by atoms with E-state index in [-0.39, 0.29) is 0 Å². The van der Waals surface area contributed by atoms with Crippen molar-refractivity contribution in [3.8, 4) is 0 Å². The number of hydrogen-bond donors (Lipinski definition) is 1. The first-order valence-corrected chi connectivity index (χ1v) is 6.13. The summed E-state index contributed by atoms with van der Waals surface area (Å²) < 4.78 is 0. The van der Waals surface area contributed by atoms with Gasteiger partial charge in [-0.2, -0.15) is 0 Å². The lowest BCUT2D eigenvalue weighted by molar-refractivity contribution is 0.203. The van der Waals surface area contributed by atoms with Gasteiger partial charge in [0.2, 0.25) is 0 Å². The maximum absolute atomic E-state index is 3.56. The van der Waals surface area contributed by atoms with Crippen LogP contribution in [0.25, 0.3) is 0 Å². The molecule has 14 heavy (non-hydrogen) atoms. The van der Waals surface area contributed by atoms with Crippen LogP contribution in [0.15, 0.2) is 0 Å². The lowest BCUT2D eigenvalue weighted by atomic mass is 10.1. The summed E-state index contributed by atoms with van der Waals surface area (Å²) in [6.07, 6.45) is 2.56. The van der Waals surface area contributed by atoms with E-state index in [1.54, 1.807) is 0 Å². The molecule has 0 aliphatic heterocycles. The average molecular weight is 200 g/mol. The molecule has 1 unspecified atom stereocenters. The molecular weight excluding hydrogens is 172 g/mol. The molecule has 0 aromatic rings. The Morgan fingerprint density at radius 3 is 2.14 bits per heavy atom. The van der Waals surface area contributed by atoms with Crippen molar-refractivity contribution >= 4 is 0 Å². The van der Waals surface area contributed by atoms with Crippen LogP contribution in [0.2, 0.25) is 0 Å². The molecule has 0 aliphatic rings. The number of likely N-dealkylation sites (N-methyl/N-ethyl adjacent to an activating group) is 2. The van der Waals surface area contributed by atoms with Crippen molar-refractivity contribution in [3.05, 3.63) is 0 Å². The van der Waals surface area contributed by atoms with E-state index in [9.17, 15) is 0 Å². The van der Waals surface area contributed by atoms with Gasteiger partial charge in [0, 0.05) is 18.6 Å². The fraction of sp³-hybridized carbons (Fsp3) is 1.00. The van der Waals surface area contributed by atoms with Crippen LogP contribution in [0, 0.1) is 0 Å². The molecule has 1 N–H and O–H groups in total. The molecule has 0 aromatic carbocycles. The summed E-state index contributed by atoms with van der Waals surface area (Å²) >= 11 is 0. The van der Waals surface area contributed by atoms with E-state index in [1.165, 1.54) is 19.4 Å². The van der Waals surface area contributed by atoms with Crippen LogP contribution in [0.4, 0.5) is 0 Å². The highest BCUT2D eigenvalue weighted by Crippen LogP contribution is 2.04. The van der Waals surface area contributed by atoms with E-state index in [1.807, 2.05) is 0 Å². The van der Waals surface area contributed by atoms with E-state index in [2.05, 4.69) is 44.8 Å². The maximum Gasteiger partial charge on any atom is 0.0194 e. The van der Waals surface area contributed by atoms with Crippen LogP contribution in [0.1, 0.15) is 47.5 Å². The van der Waals surface area contributed by atoms with Crippen LogP contribution >= 0.6 is 0 Å². The lowest BCUT2D eigenvalue weighted by Gasteiger charge is -2.29. The molecule has 0 radical (unpaired) electrons. The highest BCUT2D eigenvalue weighted by molar-refractivity contribution is 4.72. The van der Waals surface area contributed by atoms with E-state index < -0.39 is 0 Å². The minimum absolute atomic E-state index is 0.665. The van der Waals surface area contributed by atoms with Crippen molar-refractivity contribution in [3.63, 3.8) is 0 Å². The summed E-state index contributed by atoms with van der Waals surface area (Å²) in [5.41, 5.74) is 0. The predicted molar refractivity (Wildman–Crippen MR) is 64.8 cm³/mol. The summed E-state index contributed by atoms with van der Waals surface area (Å²) in [5.74, 6) is 0. The van der Waals surface area contributed by atoms with Crippen molar-refractivity contribution < 1.29 is 0 Å². The normalized spacial score (nSPS) is 13.9. The van der Waals surface area contributed by atoms with Crippen molar-refractivity contribution in [2.24, 2.45) is 0 Å². The second-order valence-corrected chi connectivity index (χ2v) is 4.22. The summed E-state index contributed by atoms with van der Waals surface area (Å²) in [6, 6.07) is 1.34. The fourth-order valence-electron chi connectivity index (χ4n) is 1.88. The maximum atomic E-state index is 3.56. The molecule has 0 rings (SSSR count). The number of hydrogen-bond acceptors (Lipinski definition) is 2. The molecule has 0 aliphatic carbocycles. The van der Waals surface area contributed by atoms with E-state index >= 15 is 0 Å². The summed E-state index contributed by atoms with van der Waals surface area (Å²) in [4.78, 5) is 2.53. The Morgan fingerprint density at radius 1 is 1.14 bits per heavy atom. The Labute approximate surface area is 90.1 Å². The predicted octanol–water partition coefficient (Wildman–Crippen LogP) is 2.49. The Hall–Kier alpha value is -0.0800. The number of rotatable bonds is 8. The van der Waals surface area contributed by atoms with Crippen molar-refractivity contribution in [1.29, 1.82) is 0 Å². The number of nitrogens with zero attached hydrogens (tertiary/aromatic N) is 1. The molecule has 0 spiro atoms. The van der Waals surface area contributed by atoms with Gasteiger partial charge < -0.3 is 5.32 Å². The third-order valence-electron chi connectivity index (χ3n) is 2.72. The topological polar surface area (TPSA) is 15.3 Å². The lowest BCUT2D eigenvalue weighted by Crippen LogP contribution is -2.43. The molecule has 2 heteroatoms. The first kappa shape index (κ1) is 13.9. The summed E-state index contributed by atoms with van der Waals surface area (Å²) in [6.45, 7) is 14.7. The van der Waals surface area contributed by atoms with Crippen LogP contribution in [0.3, 0.4) is 0 Å². The molecule has 0 heterocycles. The van der Waals surface area contributed by atoms with Crippen LogP contribution in [0.5, 0.6) is 0 Å². The third kappa shape index (κ3) is 5.61. The molecule has 1 atom stereocenters. The van der Waals surface area contributed by atoms with Crippen LogP contribution < -0.4 is 5.32 Å². The van der Waals surface area contributed by atoms with Crippen LogP contribution in [-0.4, -0.2) is 36.6 Å². The van der Waals surface area contributed by atoms with Crippen molar-refractivity contribution in [2.75, 3.05) is 19.6 Å². The first-order chi connectivity index (χ1) is 6.65. The Kier molecular flexibility index (Phi) is 8.20. The monoisotopic (exact) mass is 200 g/mol. The minimum atomic E-state index is 0.665. The second kappa shape index (κ2) is 8.25. The zero-order chi connectivity index (χ0) is 11.0. The van der Waals surface area contributed by atoms with Gasteiger partial charge in [0.15, 0.2) is 0 Å². The average Bonchev–Trinajstić information content (AvgIpc) is 2.14. The highest BCUT2D eigenvalue weighted by atomic mass is 15.2. The minimum Gasteiger partial charge on any atom is -0.313 e. The zero-order valence-corrected chi connectivity index (χ0v) is 10.6. The standard InChI is InChI=1S/C12H28N2/c1-6-9-12(13-7-2)10-14(8-3)11(4)5/h11-13H,6-10H2,1-5H3. The second-order valence-electron chi connectivity index (χ2n) is 4.22. The van der Waals surface area contributed by atoms with Gasteiger partial charge in [0.25, 0.3) is 0 Å². The highest BCUT2D eigenvalue weighted by Gasteiger charge is 2.13. The van der Waals surface area contributed by atoms with E-state index in [4.69, 9.17) is 0 Å². The van der Waals surface area contributed by atoms with Gasteiger partial charge in [-0.05, 0) is 33.4 Å². The third-order valence-corrected chi connectivity index (χ3v) is 2.72. The molecule has 2 nitrogen and oxygen atoms in total. The molecule has 0 amide bonds. The van der Waals surface area contributed by atoms with E-state index in [0.717, 1.165) is 13.1 Å². The van der Waals surface area contributed by atoms with Gasteiger partial charge in [-0.3, -0.25) is 4.90 Å². The van der Waals surface area contributed by atoms with Crippen LogP contribution in [-0.2, 0) is 0 Å². The van der Waals surface area contributed by atoms with Gasteiger partial charge in [-0.25, -0.2) is 0 Å². The van der Waals surface area contributed by atoms with Crippen molar-refractivity contribution in [2.45, 2.75) is 59.5 Å². The largest absolute Gasteiger partial charge is 0.313 e. The Balaban J connectivity index is 3.96. The molecule has 0 fully saturated rings. The van der Waals surface area contributed by atoms with E-state index in [0.29, 0.717) is 12.1 Å². The Morgan fingerprint density at radius 2 is 1.79 bits per heavy atom. The molecule has 0 aromatic heterocycles. The molecular formula is C12H28N2. The Bertz CT molecular complexity index is 117. The first-order valence-electron chi connectivity index (χ1n) is 6.13. The van der Waals surface area contributed by atoms with Gasteiger partial charge in [0.1, 0.15) is 0 Å². The molecule has 86 valence electrons. The summed E-state index contributed by atoms with van der Waals surface area (Å²) in [5, 5.41) is 3.56. The fourth-order valence-corrected chi connectivity index (χ4v) is 1.88.